The number of hydrogen-bond acceptors (Lipinski definition) is 7. The predicted molar refractivity (Wildman–Crippen MR) is 89.8 cm³/mol. The van der Waals surface area contributed by atoms with Crippen LogP contribution in [0.5, 0.6) is 0 Å². The molecule has 4 atom stereocenters. The molecule has 0 aromatic heterocycles. The number of ether oxygens (including phenoxy) is 6. The molecule has 0 spiro atoms. The van der Waals surface area contributed by atoms with Crippen LogP contribution in [0.2, 0.25) is 0 Å². The lowest BCUT2D eigenvalue weighted by atomic mass is 9.93. The highest BCUT2D eigenvalue weighted by molar-refractivity contribution is 6.11. The van der Waals surface area contributed by atoms with Crippen LogP contribution in [0.4, 0.5) is 0 Å². The van der Waals surface area contributed by atoms with E-state index in [1.807, 2.05) is 7.85 Å². The van der Waals surface area contributed by atoms with Gasteiger partial charge in [0, 0.05) is 48.1 Å². The summed E-state index contributed by atoms with van der Waals surface area (Å²) in [6.45, 7) is 5.07. The first-order valence-corrected chi connectivity index (χ1v) is 8.16. The predicted octanol–water partition coefficient (Wildman–Crippen LogP) is -1.01. The van der Waals surface area contributed by atoms with Crippen molar-refractivity contribution >= 4 is 7.85 Å². The third-order valence-electron chi connectivity index (χ3n) is 4.09. The molecule has 0 bridgehead atoms. The van der Waals surface area contributed by atoms with Crippen molar-refractivity contribution in [3.05, 3.63) is 0 Å². The van der Waals surface area contributed by atoms with Gasteiger partial charge in [-0.15, -0.1) is 0 Å². The third kappa shape index (κ3) is 7.05. The Morgan fingerprint density at radius 2 is 1.48 bits per heavy atom. The first-order chi connectivity index (χ1) is 11.2. The van der Waals surface area contributed by atoms with Crippen LogP contribution in [0.3, 0.4) is 0 Å². The van der Waals surface area contributed by atoms with Crippen molar-refractivity contribution in [3.63, 3.8) is 0 Å². The minimum Gasteiger partial charge on any atom is -0.383 e. The van der Waals surface area contributed by atoms with Gasteiger partial charge < -0.3 is 28.4 Å². The highest BCUT2D eigenvalue weighted by atomic mass is 16.6. The smallest absolute Gasteiger partial charge is 0.142 e. The van der Waals surface area contributed by atoms with Gasteiger partial charge >= 0.3 is 0 Å². The zero-order valence-electron chi connectivity index (χ0n) is 15.2. The van der Waals surface area contributed by atoms with E-state index in [0.29, 0.717) is 26.4 Å². The van der Waals surface area contributed by atoms with Crippen molar-refractivity contribution in [1.82, 2.24) is 4.90 Å². The van der Waals surface area contributed by atoms with Crippen LogP contribution in [-0.4, -0.2) is 112 Å². The molecule has 8 heteroatoms. The fourth-order valence-electron chi connectivity index (χ4n) is 2.82. The molecule has 1 rings (SSSR count). The summed E-state index contributed by atoms with van der Waals surface area (Å²) in [6.07, 6.45) is -0.258. The van der Waals surface area contributed by atoms with Gasteiger partial charge in [0.1, 0.15) is 26.2 Å². The molecule has 0 aliphatic carbocycles. The van der Waals surface area contributed by atoms with Crippen molar-refractivity contribution in [2.24, 2.45) is 0 Å². The summed E-state index contributed by atoms with van der Waals surface area (Å²) in [5.41, 5.74) is 0. The van der Waals surface area contributed by atoms with Crippen LogP contribution < -0.4 is 0 Å². The molecule has 136 valence electrons. The van der Waals surface area contributed by atoms with Gasteiger partial charge in [-0.3, -0.25) is 4.90 Å². The minimum absolute atomic E-state index is 0.00787. The van der Waals surface area contributed by atoms with Crippen molar-refractivity contribution in [1.29, 1.82) is 0 Å². The van der Waals surface area contributed by atoms with Crippen molar-refractivity contribution in [2.75, 3.05) is 74.5 Å². The van der Waals surface area contributed by atoms with E-state index in [1.165, 1.54) is 0 Å². The Hall–Kier alpha value is -0.215. The largest absolute Gasteiger partial charge is 0.383 e. The van der Waals surface area contributed by atoms with E-state index >= 15 is 0 Å². The van der Waals surface area contributed by atoms with Crippen LogP contribution in [0, 0.1) is 0 Å². The molecule has 23 heavy (non-hydrogen) atoms. The van der Waals surface area contributed by atoms with Crippen LogP contribution in [-0.2, 0) is 28.4 Å². The Bertz CT molecular complexity index is 291. The fraction of sp³-hybridized carbons (Fsp3) is 1.00. The maximum atomic E-state index is 6.06. The molecule has 0 saturated carbocycles. The van der Waals surface area contributed by atoms with E-state index in [9.17, 15) is 0 Å². The van der Waals surface area contributed by atoms with E-state index < -0.39 is 0 Å². The SMILES string of the molecule is B[C@@H]1O[C@H](COC)C(OC)[C@@H]1OCCN(CCOC)CCOC. The highest BCUT2D eigenvalue weighted by Gasteiger charge is 2.43. The van der Waals surface area contributed by atoms with E-state index in [-0.39, 0.29) is 24.3 Å². The van der Waals surface area contributed by atoms with Crippen LogP contribution in [0.1, 0.15) is 0 Å². The monoisotopic (exact) mass is 333 g/mol. The minimum atomic E-state index is -0.101. The molecule has 1 fully saturated rings. The fourth-order valence-corrected chi connectivity index (χ4v) is 2.82. The average molecular weight is 333 g/mol. The van der Waals surface area contributed by atoms with Crippen LogP contribution in [0.25, 0.3) is 0 Å². The van der Waals surface area contributed by atoms with Gasteiger partial charge in [0.2, 0.25) is 0 Å². The zero-order chi connectivity index (χ0) is 17.1. The Balaban J connectivity index is 2.41. The van der Waals surface area contributed by atoms with E-state index in [2.05, 4.69) is 4.90 Å². The molecule has 0 amide bonds. The first-order valence-electron chi connectivity index (χ1n) is 8.16. The van der Waals surface area contributed by atoms with Gasteiger partial charge in [-0.05, 0) is 0 Å². The van der Waals surface area contributed by atoms with Crippen molar-refractivity contribution in [3.8, 4) is 0 Å². The number of rotatable bonds is 13. The number of nitrogens with zero attached hydrogens (tertiary/aromatic N) is 1. The molecule has 0 N–H and O–H groups in total. The van der Waals surface area contributed by atoms with Gasteiger partial charge in [-0.25, -0.2) is 0 Å². The Morgan fingerprint density at radius 1 is 0.870 bits per heavy atom. The highest BCUT2D eigenvalue weighted by Crippen LogP contribution is 2.24. The van der Waals surface area contributed by atoms with Gasteiger partial charge in [0.05, 0.1) is 32.4 Å². The van der Waals surface area contributed by atoms with E-state index in [1.54, 1.807) is 28.4 Å². The molecule has 1 aliphatic heterocycles. The summed E-state index contributed by atoms with van der Waals surface area (Å²) in [4.78, 5) is 2.27. The topological polar surface area (TPSA) is 58.6 Å². The van der Waals surface area contributed by atoms with Crippen molar-refractivity contribution in [2.45, 2.75) is 24.3 Å². The molecule has 1 heterocycles. The second kappa shape index (κ2) is 12.2. The van der Waals surface area contributed by atoms with Gasteiger partial charge in [0.25, 0.3) is 0 Å². The molecular formula is C15H32BNO6. The molecule has 0 radical (unpaired) electrons. The van der Waals surface area contributed by atoms with E-state index in [0.717, 1.165) is 19.6 Å². The molecule has 1 unspecified atom stereocenters. The van der Waals surface area contributed by atoms with Gasteiger partial charge in [-0.2, -0.15) is 0 Å². The summed E-state index contributed by atoms with van der Waals surface area (Å²) >= 11 is 0. The lowest BCUT2D eigenvalue weighted by Crippen LogP contribution is -2.41. The van der Waals surface area contributed by atoms with Gasteiger partial charge in [0.15, 0.2) is 0 Å². The molecular weight excluding hydrogens is 301 g/mol. The summed E-state index contributed by atoms with van der Waals surface area (Å²) < 4.78 is 33.0. The lowest BCUT2D eigenvalue weighted by Gasteiger charge is -2.25. The number of hydrogen-bond donors (Lipinski definition) is 0. The molecule has 7 nitrogen and oxygen atoms in total. The summed E-state index contributed by atoms with van der Waals surface area (Å²) in [6, 6.07) is -0.00787. The third-order valence-corrected chi connectivity index (χ3v) is 4.09. The van der Waals surface area contributed by atoms with Gasteiger partial charge in [-0.1, -0.05) is 0 Å². The molecule has 1 saturated heterocycles. The van der Waals surface area contributed by atoms with Crippen molar-refractivity contribution < 1.29 is 28.4 Å². The molecule has 0 aromatic carbocycles. The molecule has 1 aliphatic rings. The Kier molecular flexibility index (Phi) is 11.0. The maximum absolute atomic E-state index is 6.06. The summed E-state index contributed by atoms with van der Waals surface area (Å²) in [7, 11) is 8.79. The standard InChI is InChI=1S/C15H32BNO6/c1-18-8-5-17(6-9-19-2)7-10-22-14-13(21-4)12(11-20-3)23-15(14)16/h12-15H,5-11,16H2,1-4H3/t12-,13?,14+,15-/m1/s1. The van der Waals surface area contributed by atoms with Crippen LogP contribution in [0.15, 0.2) is 0 Å². The van der Waals surface area contributed by atoms with E-state index in [4.69, 9.17) is 28.4 Å². The Morgan fingerprint density at radius 3 is 2.00 bits per heavy atom. The second-order valence-corrected chi connectivity index (χ2v) is 5.70. The van der Waals surface area contributed by atoms with Crippen LogP contribution >= 0.6 is 0 Å². The normalized spacial score (nSPS) is 27.9. The zero-order valence-corrected chi connectivity index (χ0v) is 15.2. The first kappa shape index (κ1) is 20.8. The summed E-state index contributed by atoms with van der Waals surface area (Å²) in [5, 5.41) is 0. The Labute approximate surface area is 140 Å². The molecule has 0 aromatic rings. The quantitative estimate of drug-likeness (QED) is 0.400. The summed E-state index contributed by atoms with van der Waals surface area (Å²) in [5.74, 6) is 0. The second-order valence-electron chi connectivity index (χ2n) is 5.70. The lowest BCUT2D eigenvalue weighted by molar-refractivity contribution is -0.0591. The maximum Gasteiger partial charge on any atom is 0.142 e. The number of methoxy groups -OCH3 is 4. The average Bonchev–Trinajstić information content (AvgIpc) is 2.84.